The second-order valence-electron chi connectivity index (χ2n) is 11.6. The van der Waals surface area contributed by atoms with Crippen LogP contribution in [-0.2, 0) is 30.4 Å². The Morgan fingerprint density at radius 1 is 0.522 bits per heavy atom. The zero-order valence-corrected chi connectivity index (χ0v) is 28.2. The van der Waals surface area contributed by atoms with Crippen LogP contribution in [0.3, 0.4) is 0 Å². The molecule has 0 bridgehead atoms. The number of benzene rings is 2. The third-order valence-corrected chi connectivity index (χ3v) is 7.44. The van der Waals surface area contributed by atoms with Crippen LogP contribution in [0.2, 0.25) is 0 Å². The van der Waals surface area contributed by atoms with Crippen LogP contribution in [0.25, 0.3) is 0 Å². The van der Waals surface area contributed by atoms with Gasteiger partial charge in [-0.2, -0.15) is 0 Å². The molecule has 256 valence electrons. The molecule has 0 N–H and O–H groups in total. The van der Waals surface area contributed by atoms with Gasteiger partial charge < -0.3 is 23.7 Å². The molecule has 0 atom stereocenters. The van der Waals surface area contributed by atoms with E-state index in [1.807, 2.05) is 30.3 Å². The van der Waals surface area contributed by atoms with Crippen LogP contribution in [0.1, 0.15) is 133 Å². The van der Waals surface area contributed by atoms with Crippen molar-refractivity contribution in [3.8, 4) is 11.5 Å². The van der Waals surface area contributed by atoms with E-state index in [2.05, 4.69) is 13.8 Å². The highest BCUT2D eigenvalue weighted by Crippen LogP contribution is 2.25. The Bertz CT molecular complexity index is 1040. The Morgan fingerprint density at radius 3 is 1.50 bits per heavy atom. The summed E-state index contributed by atoms with van der Waals surface area (Å²) in [6, 6.07) is 14.5. The van der Waals surface area contributed by atoms with E-state index < -0.39 is 5.97 Å². The smallest absolute Gasteiger partial charge is 0.338 e. The lowest BCUT2D eigenvalue weighted by atomic mass is 10.2. The lowest BCUT2D eigenvalue weighted by Gasteiger charge is -2.13. The molecule has 2 rings (SSSR count). The summed E-state index contributed by atoms with van der Waals surface area (Å²) < 4.78 is 28.1. The summed E-state index contributed by atoms with van der Waals surface area (Å²) >= 11 is 0. The number of hydrogen-bond donors (Lipinski definition) is 0. The molecule has 0 saturated heterocycles. The predicted molar refractivity (Wildman–Crippen MR) is 180 cm³/mol. The molecule has 2 aromatic rings. The predicted octanol–water partition coefficient (Wildman–Crippen LogP) is 9.17. The highest BCUT2D eigenvalue weighted by atomic mass is 16.5. The first-order valence-corrected chi connectivity index (χ1v) is 17.4. The van der Waals surface area contributed by atoms with Crippen molar-refractivity contribution < 1.29 is 38.1 Å². The van der Waals surface area contributed by atoms with Crippen LogP contribution < -0.4 is 9.47 Å². The molecule has 0 aliphatic heterocycles. The highest BCUT2D eigenvalue weighted by molar-refractivity contribution is 5.90. The van der Waals surface area contributed by atoms with E-state index in [9.17, 15) is 14.4 Å². The minimum atomic E-state index is -0.478. The third-order valence-electron chi connectivity index (χ3n) is 7.44. The van der Waals surface area contributed by atoms with Crippen LogP contribution in [0.5, 0.6) is 11.5 Å². The number of hydrogen-bond acceptors (Lipinski definition) is 8. The molecule has 2 aromatic carbocycles. The zero-order chi connectivity index (χ0) is 33.1. The maximum absolute atomic E-state index is 12.9. The summed E-state index contributed by atoms with van der Waals surface area (Å²) in [6.45, 7) is 6.24. The standard InChI is InChI=1S/C38H56O8/c1-3-5-7-9-16-26-44-36(39)22-14-18-24-42-34-28-33(38(41)46-31-32-20-12-11-13-21-32)29-35(30-34)43-25-19-15-23-37(40)45-27-17-10-8-6-4-2/h11-13,20-21,28-30H,3-10,14-19,22-27,31H2,1-2H3. The van der Waals surface area contributed by atoms with Gasteiger partial charge in [-0.1, -0.05) is 95.5 Å². The van der Waals surface area contributed by atoms with Gasteiger partial charge in [-0.05, 0) is 56.2 Å². The molecule has 0 aliphatic carbocycles. The summed E-state index contributed by atoms with van der Waals surface area (Å²) in [7, 11) is 0. The first kappa shape index (κ1) is 38.6. The molecule has 0 spiro atoms. The average molecular weight is 641 g/mol. The highest BCUT2D eigenvalue weighted by Gasteiger charge is 2.13. The van der Waals surface area contributed by atoms with Gasteiger partial charge in [0.25, 0.3) is 0 Å². The van der Waals surface area contributed by atoms with Crippen molar-refractivity contribution in [2.24, 2.45) is 0 Å². The van der Waals surface area contributed by atoms with E-state index in [1.165, 1.54) is 38.5 Å². The summed E-state index contributed by atoms with van der Waals surface area (Å²) in [5.41, 5.74) is 1.22. The van der Waals surface area contributed by atoms with Gasteiger partial charge in [-0.25, -0.2) is 4.79 Å². The van der Waals surface area contributed by atoms with E-state index in [4.69, 9.17) is 23.7 Å². The van der Waals surface area contributed by atoms with Gasteiger partial charge in [0.05, 0.1) is 32.0 Å². The lowest BCUT2D eigenvalue weighted by molar-refractivity contribution is -0.144. The normalized spacial score (nSPS) is 10.7. The summed E-state index contributed by atoms with van der Waals surface area (Å²) in [5.74, 6) is 0.145. The minimum Gasteiger partial charge on any atom is -0.493 e. The van der Waals surface area contributed by atoms with Crippen LogP contribution in [0.15, 0.2) is 48.5 Å². The van der Waals surface area contributed by atoms with Crippen molar-refractivity contribution in [2.75, 3.05) is 26.4 Å². The first-order chi connectivity index (χ1) is 22.5. The molecular weight excluding hydrogens is 584 g/mol. The Balaban J connectivity index is 1.79. The van der Waals surface area contributed by atoms with Crippen molar-refractivity contribution in [2.45, 2.75) is 123 Å². The second-order valence-corrected chi connectivity index (χ2v) is 11.6. The Kier molecular flexibility index (Phi) is 21.5. The molecule has 0 amide bonds. The maximum Gasteiger partial charge on any atom is 0.338 e. The lowest BCUT2D eigenvalue weighted by Crippen LogP contribution is -2.09. The number of rotatable bonds is 27. The SMILES string of the molecule is CCCCCCCOC(=O)CCCCOc1cc(OCCCCC(=O)OCCCCCCC)cc(C(=O)OCc2ccccc2)c1. The van der Waals surface area contributed by atoms with Gasteiger partial charge in [0.1, 0.15) is 18.1 Å². The summed E-state index contributed by atoms with van der Waals surface area (Å²) in [6.07, 6.45) is 14.5. The molecular formula is C38H56O8. The average Bonchev–Trinajstić information content (AvgIpc) is 3.07. The van der Waals surface area contributed by atoms with E-state index in [-0.39, 0.29) is 18.5 Å². The van der Waals surface area contributed by atoms with Crippen molar-refractivity contribution >= 4 is 17.9 Å². The summed E-state index contributed by atoms with van der Waals surface area (Å²) in [5, 5.41) is 0. The Labute approximate surface area is 276 Å². The van der Waals surface area contributed by atoms with E-state index in [0.717, 1.165) is 31.2 Å². The molecule has 0 saturated carbocycles. The monoisotopic (exact) mass is 640 g/mol. The van der Waals surface area contributed by atoms with E-state index in [0.29, 0.717) is 82.0 Å². The molecule has 8 nitrogen and oxygen atoms in total. The minimum absolute atomic E-state index is 0.157. The zero-order valence-electron chi connectivity index (χ0n) is 28.2. The fourth-order valence-corrected chi connectivity index (χ4v) is 4.71. The van der Waals surface area contributed by atoms with E-state index >= 15 is 0 Å². The van der Waals surface area contributed by atoms with Gasteiger partial charge in [0.15, 0.2) is 0 Å². The topological polar surface area (TPSA) is 97.4 Å². The fourth-order valence-electron chi connectivity index (χ4n) is 4.71. The quantitative estimate of drug-likeness (QED) is 0.0542. The fraction of sp³-hybridized carbons (Fsp3) is 0.605. The van der Waals surface area contributed by atoms with Gasteiger partial charge in [-0.15, -0.1) is 0 Å². The van der Waals surface area contributed by atoms with E-state index in [1.54, 1.807) is 18.2 Å². The van der Waals surface area contributed by atoms with Gasteiger partial charge in [0, 0.05) is 18.9 Å². The number of esters is 3. The van der Waals surface area contributed by atoms with Crippen molar-refractivity contribution in [3.63, 3.8) is 0 Å². The maximum atomic E-state index is 12.9. The molecule has 0 aliphatic rings. The van der Waals surface area contributed by atoms with Crippen LogP contribution in [-0.4, -0.2) is 44.3 Å². The number of unbranched alkanes of at least 4 members (excludes halogenated alkanes) is 10. The molecule has 0 aromatic heterocycles. The van der Waals surface area contributed by atoms with Gasteiger partial charge in [-0.3, -0.25) is 9.59 Å². The van der Waals surface area contributed by atoms with Gasteiger partial charge >= 0.3 is 17.9 Å². The molecule has 0 unspecified atom stereocenters. The third kappa shape index (κ3) is 19.1. The molecule has 8 heteroatoms. The number of ether oxygens (including phenoxy) is 5. The summed E-state index contributed by atoms with van der Waals surface area (Å²) in [4.78, 5) is 36.9. The largest absolute Gasteiger partial charge is 0.493 e. The van der Waals surface area contributed by atoms with Crippen molar-refractivity contribution in [3.05, 3.63) is 59.7 Å². The van der Waals surface area contributed by atoms with Crippen LogP contribution in [0.4, 0.5) is 0 Å². The molecule has 0 heterocycles. The van der Waals surface area contributed by atoms with Crippen LogP contribution >= 0.6 is 0 Å². The van der Waals surface area contributed by atoms with Gasteiger partial charge in [0.2, 0.25) is 0 Å². The second kappa shape index (κ2) is 25.6. The number of carbonyl (C=O) groups is 3. The number of carbonyl (C=O) groups excluding carboxylic acids is 3. The molecule has 0 fully saturated rings. The Morgan fingerprint density at radius 2 is 1.00 bits per heavy atom. The molecule has 0 radical (unpaired) electrons. The van der Waals surface area contributed by atoms with Crippen molar-refractivity contribution in [1.82, 2.24) is 0 Å². The van der Waals surface area contributed by atoms with Crippen LogP contribution in [0, 0.1) is 0 Å². The Hall–Kier alpha value is -3.55. The molecule has 46 heavy (non-hydrogen) atoms. The first-order valence-electron chi connectivity index (χ1n) is 17.4. The van der Waals surface area contributed by atoms with Crippen molar-refractivity contribution in [1.29, 1.82) is 0 Å².